The standard InChI is InChI=1S/C24H29NO6S/c1-17(2)19-7-9-22(10-8-19)32(28,29)25-13-11-20(12-14-25)24(27)31-16-18-5-4-6-21(15-18)23(26)30-3/h4-10,15,17,20H,11-14,16H2,1-3H3. The summed E-state index contributed by atoms with van der Waals surface area (Å²) in [6.07, 6.45) is 0.814. The summed E-state index contributed by atoms with van der Waals surface area (Å²) >= 11 is 0. The van der Waals surface area contributed by atoms with Gasteiger partial charge in [0.2, 0.25) is 10.0 Å². The molecule has 0 N–H and O–H groups in total. The largest absolute Gasteiger partial charge is 0.465 e. The molecule has 2 aromatic rings. The summed E-state index contributed by atoms with van der Waals surface area (Å²) in [5.74, 6) is -0.831. The van der Waals surface area contributed by atoms with Crippen LogP contribution in [-0.2, 0) is 30.9 Å². The molecular formula is C24H29NO6S. The zero-order valence-electron chi connectivity index (χ0n) is 18.6. The summed E-state index contributed by atoms with van der Waals surface area (Å²) in [5.41, 5.74) is 2.16. The van der Waals surface area contributed by atoms with Crippen LogP contribution >= 0.6 is 0 Å². The number of hydrogen-bond acceptors (Lipinski definition) is 6. The van der Waals surface area contributed by atoms with E-state index in [1.165, 1.54) is 11.4 Å². The van der Waals surface area contributed by atoms with E-state index >= 15 is 0 Å². The maximum atomic E-state index is 12.9. The number of benzene rings is 2. The molecule has 3 rings (SSSR count). The molecule has 0 aliphatic carbocycles. The zero-order chi connectivity index (χ0) is 23.3. The third-order valence-electron chi connectivity index (χ3n) is 5.70. The molecule has 1 aliphatic rings. The molecule has 1 heterocycles. The summed E-state index contributed by atoms with van der Waals surface area (Å²) in [6.45, 7) is 4.70. The molecule has 1 aliphatic heterocycles. The highest BCUT2D eigenvalue weighted by Gasteiger charge is 2.32. The Labute approximate surface area is 189 Å². The van der Waals surface area contributed by atoms with E-state index in [2.05, 4.69) is 13.8 Å². The van der Waals surface area contributed by atoms with Crippen molar-refractivity contribution >= 4 is 22.0 Å². The Bertz CT molecular complexity index is 1050. The first-order valence-electron chi connectivity index (χ1n) is 10.7. The summed E-state index contributed by atoms with van der Waals surface area (Å²) < 4.78 is 37.4. The highest BCUT2D eigenvalue weighted by molar-refractivity contribution is 7.89. The van der Waals surface area contributed by atoms with Gasteiger partial charge in [0.15, 0.2) is 0 Å². The van der Waals surface area contributed by atoms with Crippen molar-refractivity contribution in [1.29, 1.82) is 0 Å². The first-order chi connectivity index (χ1) is 15.2. The zero-order valence-corrected chi connectivity index (χ0v) is 19.4. The molecule has 0 amide bonds. The summed E-state index contributed by atoms with van der Waals surface area (Å²) in [4.78, 5) is 24.4. The Kier molecular flexibility index (Phi) is 7.69. The predicted octanol–water partition coefficient (Wildman–Crippen LogP) is 3.74. The van der Waals surface area contributed by atoms with Gasteiger partial charge in [-0.25, -0.2) is 13.2 Å². The number of hydrogen-bond donors (Lipinski definition) is 0. The van der Waals surface area contributed by atoms with Crippen LogP contribution in [0.25, 0.3) is 0 Å². The van der Waals surface area contributed by atoms with Crippen LogP contribution in [0, 0.1) is 5.92 Å². The van der Waals surface area contributed by atoms with E-state index in [1.54, 1.807) is 36.4 Å². The molecular weight excluding hydrogens is 430 g/mol. The third-order valence-corrected chi connectivity index (χ3v) is 7.61. The molecule has 8 heteroatoms. The maximum Gasteiger partial charge on any atom is 0.337 e. The summed E-state index contributed by atoms with van der Waals surface area (Å²) in [7, 11) is -2.28. The molecule has 172 valence electrons. The Balaban J connectivity index is 1.54. The molecule has 1 saturated heterocycles. The Morgan fingerprint density at radius 1 is 1.06 bits per heavy atom. The first-order valence-corrected chi connectivity index (χ1v) is 12.1. The molecule has 0 radical (unpaired) electrons. The van der Waals surface area contributed by atoms with Crippen molar-refractivity contribution in [2.75, 3.05) is 20.2 Å². The number of ether oxygens (including phenoxy) is 2. The Morgan fingerprint density at radius 3 is 2.31 bits per heavy atom. The number of carbonyl (C=O) groups is 2. The molecule has 1 fully saturated rings. The maximum absolute atomic E-state index is 12.9. The van der Waals surface area contributed by atoms with Gasteiger partial charge >= 0.3 is 11.9 Å². The molecule has 0 saturated carbocycles. The fourth-order valence-electron chi connectivity index (χ4n) is 3.68. The topological polar surface area (TPSA) is 90.0 Å². The van der Waals surface area contributed by atoms with Crippen LogP contribution in [0.15, 0.2) is 53.4 Å². The lowest BCUT2D eigenvalue weighted by molar-refractivity contribution is -0.151. The van der Waals surface area contributed by atoms with Crippen molar-refractivity contribution in [1.82, 2.24) is 4.31 Å². The predicted molar refractivity (Wildman–Crippen MR) is 120 cm³/mol. The average molecular weight is 460 g/mol. The highest BCUT2D eigenvalue weighted by Crippen LogP contribution is 2.26. The van der Waals surface area contributed by atoms with Crippen molar-refractivity contribution < 1.29 is 27.5 Å². The van der Waals surface area contributed by atoms with Crippen molar-refractivity contribution in [3.05, 3.63) is 65.2 Å². The smallest absolute Gasteiger partial charge is 0.337 e. The second-order valence-electron chi connectivity index (χ2n) is 8.20. The van der Waals surface area contributed by atoms with Crippen LogP contribution in [0.2, 0.25) is 0 Å². The van der Waals surface area contributed by atoms with Gasteiger partial charge in [-0.15, -0.1) is 0 Å². The van der Waals surface area contributed by atoms with E-state index < -0.39 is 16.0 Å². The number of esters is 2. The molecule has 0 bridgehead atoms. The van der Waals surface area contributed by atoms with Crippen molar-refractivity contribution in [2.24, 2.45) is 5.92 Å². The molecule has 0 spiro atoms. The van der Waals surface area contributed by atoms with Gasteiger partial charge < -0.3 is 9.47 Å². The summed E-state index contributed by atoms with van der Waals surface area (Å²) in [6, 6.07) is 13.7. The molecule has 32 heavy (non-hydrogen) atoms. The third kappa shape index (κ3) is 5.55. The molecule has 7 nitrogen and oxygen atoms in total. The highest BCUT2D eigenvalue weighted by atomic mass is 32.2. The van der Waals surface area contributed by atoms with Crippen molar-refractivity contribution in [2.45, 2.75) is 44.1 Å². The summed E-state index contributed by atoms with van der Waals surface area (Å²) in [5, 5.41) is 0. The fraction of sp³-hybridized carbons (Fsp3) is 0.417. The second-order valence-corrected chi connectivity index (χ2v) is 10.1. The van der Waals surface area contributed by atoms with E-state index in [1.807, 2.05) is 12.1 Å². The lowest BCUT2D eigenvalue weighted by Crippen LogP contribution is -2.40. The normalized spacial score (nSPS) is 15.5. The average Bonchev–Trinajstić information content (AvgIpc) is 2.82. The van der Waals surface area contributed by atoms with E-state index in [0.29, 0.717) is 29.9 Å². The quantitative estimate of drug-likeness (QED) is 0.586. The number of piperidine rings is 1. The van der Waals surface area contributed by atoms with Crippen LogP contribution in [0.3, 0.4) is 0 Å². The van der Waals surface area contributed by atoms with Gasteiger partial charge in [0.1, 0.15) is 6.61 Å². The first kappa shape index (κ1) is 23.9. The lowest BCUT2D eigenvalue weighted by Gasteiger charge is -2.30. The lowest BCUT2D eigenvalue weighted by atomic mass is 9.98. The van der Waals surface area contributed by atoms with Crippen LogP contribution < -0.4 is 0 Å². The van der Waals surface area contributed by atoms with Gasteiger partial charge in [-0.3, -0.25) is 4.79 Å². The van der Waals surface area contributed by atoms with Gasteiger partial charge in [0, 0.05) is 13.1 Å². The minimum atomic E-state index is -3.59. The van der Waals surface area contributed by atoms with Crippen LogP contribution in [0.1, 0.15) is 54.1 Å². The molecule has 0 unspecified atom stereocenters. The van der Waals surface area contributed by atoms with Gasteiger partial charge in [-0.2, -0.15) is 4.31 Å². The number of nitrogens with zero attached hydrogens (tertiary/aromatic N) is 1. The number of sulfonamides is 1. The number of rotatable bonds is 7. The molecule has 0 aromatic heterocycles. The van der Waals surface area contributed by atoms with E-state index in [9.17, 15) is 18.0 Å². The van der Waals surface area contributed by atoms with Crippen molar-refractivity contribution in [3.63, 3.8) is 0 Å². The monoisotopic (exact) mass is 459 g/mol. The van der Waals surface area contributed by atoms with Gasteiger partial charge in [-0.1, -0.05) is 38.1 Å². The minimum Gasteiger partial charge on any atom is -0.465 e. The van der Waals surface area contributed by atoms with Gasteiger partial charge in [0.25, 0.3) is 0 Å². The van der Waals surface area contributed by atoms with E-state index in [-0.39, 0.29) is 36.5 Å². The number of methoxy groups -OCH3 is 1. The van der Waals surface area contributed by atoms with Crippen LogP contribution in [0.4, 0.5) is 0 Å². The van der Waals surface area contributed by atoms with E-state index in [0.717, 1.165) is 5.56 Å². The second kappa shape index (κ2) is 10.3. The van der Waals surface area contributed by atoms with Gasteiger partial charge in [-0.05, 0) is 54.2 Å². The molecule has 0 atom stereocenters. The Hall–Kier alpha value is -2.71. The fourth-order valence-corrected chi connectivity index (χ4v) is 5.15. The minimum absolute atomic E-state index is 0.0460. The Morgan fingerprint density at radius 2 is 1.72 bits per heavy atom. The SMILES string of the molecule is COC(=O)c1cccc(COC(=O)C2CCN(S(=O)(=O)c3ccc(C(C)C)cc3)CC2)c1. The van der Waals surface area contributed by atoms with E-state index in [4.69, 9.17) is 9.47 Å². The van der Waals surface area contributed by atoms with Gasteiger partial charge in [0.05, 0.1) is 23.5 Å². The molecule has 2 aromatic carbocycles. The van der Waals surface area contributed by atoms with Crippen LogP contribution in [0.5, 0.6) is 0 Å². The van der Waals surface area contributed by atoms with Crippen molar-refractivity contribution in [3.8, 4) is 0 Å². The number of carbonyl (C=O) groups excluding carboxylic acids is 2. The van der Waals surface area contributed by atoms with Crippen LogP contribution in [-0.4, -0.2) is 44.9 Å².